The molecule has 3 fully saturated rings. The summed E-state index contributed by atoms with van der Waals surface area (Å²) in [7, 11) is 3.24. The van der Waals surface area contributed by atoms with Gasteiger partial charge in [-0.3, -0.25) is 28.8 Å². The van der Waals surface area contributed by atoms with Gasteiger partial charge in [0.1, 0.15) is 53.5 Å². The van der Waals surface area contributed by atoms with Crippen LogP contribution in [-0.4, -0.2) is 286 Å². The molecule has 10 N–H and O–H groups in total. The van der Waals surface area contributed by atoms with Gasteiger partial charge >= 0.3 is 5.97 Å². The van der Waals surface area contributed by atoms with Gasteiger partial charge in [-0.2, -0.15) is 5.10 Å². The third-order valence-corrected chi connectivity index (χ3v) is 24.6. The van der Waals surface area contributed by atoms with Crippen LogP contribution in [0.2, 0.25) is 0 Å². The van der Waals surface area contributed by atoms with E-state index in [1.807, 2.05) is 95.8 Å². The van der Waals surface area contributed by atoms with E-state index in [9.17, 15) is 49.2 Å². The number of amides is 4. The first-order valence-electron chi connectivity index (χ1n) is 46.7. The first-order valence-corrected chi connectivity index (χ1v) is 46.7. The predicted molar refractivity (Wildman–Crippen MR) is 491 cm³/mol. The number of Topliss-reactive ketones (excluding diaryl/α,β-unsaturated/α-hetero) is 2. The fraction of sp³-hybridized carbons (Fsp3) is 0.674. The zero-order chi connectivity index (χ0) is 94.6. The number of esters is 1. The number of phenolic OH excluding ortho intramolecular Hbond substituents is 1. The Hall–Kier alpha value is -9.31. The number of aliphatic hydroxyl groups is 3. The summed E-state index contributed by atoms with van der Waals surface area (Å²) in [6.45, 7) is 23.8. The standard InChI is InChI=1S/C95H144N14O22/c1-61-21-14-13-15-22-62(2)78(121-11)57-72-29-26-67(7)95(120,130-72)89(117)92(118)107-37-18-16-24-77(107)93(119)129-79(58-74(105-131-94(8,9)10)63(3)52-66(6)87(115)88(116)86(114)65(5)51-61)64(4)53-68-27-31-76(80(54-68)122-12)109-59-70(103-106-109)23-20-25-81(111)98-35-41-125-45-49-128-48-44-124-40-33-83(113)99-36-42-126-46-50-127-47-43-123-39-32-82(112)97-34-17-19-38-108-91-84(90(96)100-60-101-91)85(104-108)75-56-69-55-71(110)28-30-73(69)102-75/h13-15,21-22,28,30,52,55-56,59-61,63-65,67-68,72,76-80,87-88,102,110,115-116,120H,16-20,23-27,29,31-51,53-54,57-58H2,1-12H3,(H,97,112)(H,98,111)(H,99,113)(H2,96,100,101)/b15-13?,21-14+,62-22?,66-52+,105-74-/t61-,63-,64-,65-,67-,68+,72+,76+,77+,78+,79+,80-,87-,88+,95-/m1/s1. The third kappa shape index (κ3) is 33.1. The Morgan fingerprint density at radius 3 is 2.08 bits per heavy atom. The Kier molecular flexibility index (Phi) is 43.1. The summed E-state index contributed by atoms with van der Waals surface area (Å²) in [4.78, 5) is 115. The van der Waals surface area contributed by atoms with Crippen molar-refractivity contribution in [2.24, 2.45) is 40.7 Å². The number of aromatic hydroxyl groups is 1. The number of nitrogen functional groups attached to an aromatic ring is 1. The molecule has 36 nitrogen and oxygen atoms in total. The third-order valence-electron chi connectivity index (χ3n) is 24.6. The molecule has 1 saturated carbocycles. The lowest BCUT2D eigenvalue weighted by molar-refractivity contribution is -0.265. The minimum Gasteiger partial charge on any atom is -0.508 e. The summed E-state index contributed by atoms with van der Waals surface area (Å²) in [6.07, 6.45) is 17.6. The molecule has 5 aromatic rings. The quantitative estimate of drug-likeness (QED) is 0.00578. The van der Waals surface area contributed by atoms with Crippen molar-refractivity contribution in [2.45, 2.75) is 258 Å². The molecule has 0 spiro atoms. The van der Waals surface area contributed by atoms with Crippen LogP contribution in [0, 0.1) is 35.5 Å². The number of ketones is 2. The van der Waals surface area contributed by atoms with E-state index in [4.69, 9.17) is 68.2 Å². The van der Waals surface area contributed by atoms with Gasteiger partial charge in [0.2, 0.25) is 23.5 Å². The zero-order valence-electron chi connectivity index (χ0n) is 78.7. The molecule has 1 aromatic carbocycles. The van der Waals surface area contributed by atoms with Crippen LogP contribution in [0.25, 0.3) is 33.3 Å². The number of rotatable bonds is 41. The van der Waals surface area contributed by atoms with E-state index in [-0.39, 0.29) is 112 Å². The maximum atomic E-state index is 15.1. The van der Waals surface area contributed by atoms with Crippen molar-refractivity contribution >= 4 is 74.6 Å². The number of hydrogen-bond acceptors (Lipinski definition) is 29. The molecule has 4 aliphatic rings. The number of H-pyrrole nitrogens is 1. The molecule has 1 aliphatic carbocycles. The van der Waals surface area contributed by atoms with Crippen molar-refractivity contribution < 1.29 is 106 Å². The Morgan fingerprint density at radius 1 is 0.740 bits per heavy atom. The molecule has 15 atom stereocenters. The van der Waals surface area contributed by atoms with Crippen molar-refractivity contribution in [3.63, 3.8) is 0 Å². The molecule has 0 unspecified atom stereocenters. The number of piperidine rings is 1. The number of anilines is 1. The summed E-state index contributed by atoms with van der Waals surface area (Å²) in [6, 6.07) is 5.65. The number of unbranched alkanes of at least 4 members (excludes halogenated alkanes) is 1. The molecule has 0 radical (unpaired) electrons. The topological polar surface area (TPSA) is 470 Å². The Balaban J connectivity index is 0.631. The second kappa shape index (κ2) is 53.5. The highest BCUT2D eigenvalue weighted by molar-refractivity contribution is 6.39. The van der Waals surface area contributed by atoms with E-state index in [0.29, 0.717) is 197 Å². The second-order valence-electron chi connectivity index (χ2n) is 36.2. The van der Waals surface area contributed by atoms with Crippen LogP contribution in [-0.2, 0) is 98.7 Å². The molecule has 36 heteroatoms. The lowest BCUT2D eigenvalue weighted by Gasteiger charge is -2.42. The number of fused-ring (bicyclic) bond motifs is 5. The predicted octanol–water partition coefficient (Wildman–Crippen LogP) is 9.21. The Morgan fingerprint density at radius 2 is 1.40 bits per heavy atom. The van der Waals surface area contributed by atoms with Crippen molar-refractivity contribution in [3.8, 4) is 17.1 Å². The van der Waals surface area contributed by atoms with Crippen molar-refractivity contribution in [1.29, 1.82) is 0 Å². The van der Waals surface area contributed by atoms with Crippen LogP contribution in [0.5, 0.6) is 5.75 Å². The highest BCUT2D eigenvalue weighted by Gasteiger charge is 2.53. The number of nitrogens with one attached hydrogen (secondary N) is 4. The van der Waals surface area contributed by atoms with Crippen LogP contribution in [0.1, 0.15) is 197 Å². The average molecular weight is 1830 g/mol. The highest BCUT2D eigenvalue weighted by atomic mass is 16.7. The number of ether oxygens (including phenoxy) is 10. The first-order chi connectivity index (χ1) is 62.8. The minimum atomic E-state index is -2.48. The SMILES string of the molecule is CO[C@H]1C[C@@H]2CC[C@@H](C)[C@@](O)(O2)C(=O)C(=O)N2CCCC[C@H]2C(=O)O[C@H]([C@H](C)C[C@@H]2CC[C@H](n3cc(CCCC(=O)NCCOCCOCCOCCC(=O)NCCOCCOCCOCCC(=O)NCCCCn4nc(-c5cc6cc(O)ccc6[nH]5)c5c(N)ncnc54)nn3)[C@H](OC)C2)C/C(=N/OC(C)(C)C)[C@H](C)/C=C(\C)[C@@H](O)[C@@H](O)C(=O)[C@H](C)C[C@H](C)/C=C/C=CC=C1C. The number of aromatic nitrogens is 8. The lowest BCUT2D eigenvalue weighted by Crippen LogP contribution is -2.61. The van der Waals surface area contributed by atoms with Crippen LogP contribution < -0.4 is 21.7 Å². The number of phenols is 1. The van der Waals surface area contributed by atoms with Gasteiger partial charge in [-0.1, -0.05) is 81.4 Å². The number of allylic oxidation sites excluding steroid dienone is 6. The smallest absolute Gasteiger partial charge is 0.329 e. The van der Waals surface area contributed by atoms with E-state index in [1.165, 1.54) is 11.2 Å². The van der Waals surface area contributed by atoms with E-state index >= 15 is 4.79 Å². The van der Waals surface area contributed by atoms with Crippen molar-refractivity contribution in [3.05, 3.63) is 90.1 Å². The summed E-state index contributed by atoms with van der Waals surface area (Å²) in [5.74, 6) is -8.10. The normalized spacial score (nSPS) is 25.7. The maximum Gasteiger partial charge on any atom is 0.329 e. The summed E-state index contributed by atoms with van der Waals surface area (Å²) < 4.78 is 62.2. The highest BCUT2D eigenvalue weighted by Crippen LogP contribution is 2.41. The lowest BCUT2D eigenvalue weighted by atomic mass is 9.77. The monoisotopic (exact) mass is 1830 g/mol. The maximum absolute atomic E-state index is 15.1. The molecule has 3 aliphatic heterocycles. The van der Waals surface area contributed by atoms with Crippen LogP contribution >= 0.6 is 0 Å². The first kappa shape index (κ1) is 105. The van der Waals surface area contributed by atoms with E-state index in [2.05, 4.69) is 41.2 Å². The minimum absolute atomic E-state index is 0.0323. The van der Waals surface area contributed by atoms with Gasteiger partial charge < -0.3 is 104 Å². The van der Waals surface area contributed by atoms with Gasteiger partial charge in [0.05, 0.1) is 126 Å². The number of carbonyl (C=O) groups excluding carboxylic acids is 7. The summed E-state index contributed by atoms with van der Waals surface area (Å²) in [5.41, 5.74) is 10.7. The number of nitrogens with two attached hydrogens (primary N) is 1. The molecular weight excluding hydrogens is 1690 g/mol. The second-order valence-corrected chi connectivity index (χ2v) is 36.2. The number of nitrogens with zero attached hydrogens (tertiary/aromatic N) is 9. The zero-order valence-corrected chi connectivity index (χ0v) is 78.7. The summed E-state index contributed by atoms with van der Waals surface area (Å²) >= 11 is 0. The number of hydrogen-bond donors (Lipinski definition) is 9. The molecule has 7 heterocycles. The van der Waals surface area contributed by atoms with Gasteiger partial charge in [0, 0.05) is 114 Å². The van der Waals surface area contributed by atoms with Gasteiger partial charge in [0.25, 0.3) is 11.7 Å². The Bertz CT molecular complexity index is 4610. The van der Waals surface area contributed by atoms with Gasteiger partial charge in [-0.05, 0) is 178 Å². The van der Waals surface area contributed by atoms with Crippen molar-refractivity contribution in [2.75, 3.05) is 125 Å². The number of methoxy groups -OCH3 is 2. The van der Waals surface area contributed by atoms with Crippen LogP contribution in [0.3, 0.4) is 0 Å². The molecule has 2 bridgehead atoms. The number of oxime groups is 1. The number of aliphatic hydroxyl groups excluding tert-OH is 2. The van der Waals surface area contributed by atoms with Gasteiger partial charge in [-0.15, -0.1) is 5.10 Å². The summed E-state index contributed by atoms with van der Waals surface area (Å²) in [5, 5.41) is 74.0. The number of benzene rings is 1. The molecule has 4 amide bonds. The fourth-order valence-corrected chi connectivity index (χ4v) is 17.0. The number of aryl methyl sites for hydroxylation is 2. The molecule has 726 valence electrons. The largest absolute Gasteiger partial charge is 0.508 e. The average Bonchev–Trinajstić information content (AvgIpc) is 1.58. The molecule has 131 heavy (non-hydrogen) atoms. The fourth-order valence-electron chi connectivity index (χ4n) is 17.0. The van der Waals surface area contributed by atoms with Crippen LogP contribution in [0.4, 0.5) is 5.82 Å². The van der Waals surface area contributed by atoms with Crippen LogP contribution in [0.15, 0.2) is 89.5 Å². The molecule has 4 aromatic heterocycles. The number of cyclic esters (lactones) is 1. The van der Waals surface area contributed by atoms with E-state index in [1.54, 1.807) is 63.9 Å². The Labute approximate surface area is 769 Å². The van der Waals surface area contributed by atoms with Gasteiger partial charge in [0.15, 0.2) is 11.4 Å². The van der Waals surface area contributed by atoms with E-state index in [0.717, 1.165) is 40.7 Å². The molecule has 9 rings (SSSR count). The molecule has 2 saturated heterocycles. The van der Waals surface area contributed by atoms with E-state index < -0.39 is 89.1 Å². The van der Waals surface area contributed by atoms with Crippen molar-refractivity contribution in [1.82, 2.24) is 60.6 Å². The number of carbonyl (C=O) groups is 7. The molecular formula is C95H144N14O22. The van der Waals surface area contributed by atoms with Gasteiger partial charge in [-0.25, -0.2) is 24.1 Å². The number of aromatic amines is 1.